The van der Waals surface area contributed by atoms with E-state index in [-0.39, 0.29) is 11.6 Å². The fourth-order valence-electron chi connectivity index (χ4n) is 4.40. The highest BCUT2D eigenvalue weighted by Gasteiger charge is 2.34. The Hall–Kier alpha value is -2.05. The molecule has 7 heteroatoms. The molecular formula is C19H20ClN3O3. The van der Waals surface area contributed by atoms with Gasteiger partial charge in [0.05, 0.1) is 16.2 Å². The molecule has 3 heterocycles. The Kier molecular flexibility index (Phi) is 3.56. The van der Waals surface area contributed by atoms with Gasteiger partial charge < -0.3 is 14.6 Å². The summed E-state index contributed by atoms with van der Waals surface area (Å²) in [6.07, 6.45) is 4.66. The minimum atomic E-state index is -1.19. The van der Waals surface area contributed by atoms with Crippen molar-refractivity contribution in [1.29, 1.82) is 0 Å². The fourth-order valence-corrected chi connectivity index (χ4v) is 4.68. The monoisotopic (exact) mass is 373 g/mol. The normalized spacial score (nSPS) is 25.0. The van der Waals surface area contributed by atoms with Crippen LogP contribution < -0.4 is 10.3 Å². The molecule has 2 aromatic rings. The van der Waals surface area contributed by atoms with E-state index in [9.17, 15) is 14.7 Å². The summed E-state index contributed by atoms with van der Waals surface area (Å²) in [5.41, 5.74) is 1.12. The number of carboxylic acid groups (broad SMARTS) is 1. The van der Waals surface area contributed by atoms with E-state index in [1.165, 1.54) is 6.20 Å². The average Bonchev–Trinajstić information content (AvgIpc) is 3.39. The zero-order valence-electron chi connectivity index (χ0n) is 14.3. The second-order valence-electron chi connectivity index (χ2n) is 7.57. The van der Waals surface area contributed by atoms with Crippen LogP contribution in [0.5, 0.6) is 0 Å². The molecule has 3 aliphatic rings. The maximum Gasteiger partial charge on any atom is 0.341 e. The molecule has 2 atom stereocenters. The van der Waals surface area contributed by atoms with Gasteiger partial charge >= 0.3 is 5.97 Å². The summed E-state index contributed by atoms with van der Waals surface area (Å²) in [5.74, 6) is -1.19. The topological polar surface area (TPSA) is 65.8 Å². The Morgan fingerprint density at radius 1 is 1.12 bits per heavy atom. The summed E-state index contributed by atoms with van der Waals surface area (Å²) in [6.45, 7) is 4.14. The summed E-state index contributed by atoms with van der Waals surface area (Å²) in [5, 5.41) is 10.3. The zero-order chi connectivity index (χ0) is 18.0. The molecule has 3 fully saturated rings. The van der Waals surface area contributed by atoms with Crippen molar-refractivity contribution in [3.8, 4) is 0 Å². The number of aromatic nitrogens is 1. The third-order valence-electron chi connectivity index (χ3n) is 5.93. The molecule has 1 aromatic heterocycles. The fraction of sp³-hybridized carbons (Fsp3) is 0.474. The standard InChI is InChI=1S/C19H20ClN3O3/c20-15-7-13-16(8-17(15)22-6-5-21-4-3-12(22)9-21)23(11-1-2-11)10-14(18(13)24)19(25)26/h7-8,10-12H,1-6,9H2,(H,25,26). The molecule has 0 spiro atoms. The number of carbonyl (C=O) groups is 1. The Morgan fingerprint density at radius 3 is 2.65 bits per heavy atom. The zero-order valence-corrected chi connectivity index (χ0v) is 15.1. The number of anilines is 1. The Labute approximate surface area is 155 Å². The van der Waals surface area contributed by atoms with E-state index >= 15 is 0 Å². The molecule has 0 amide bonds. The molecule has 1 N–H and O–H groups in total. The van der Waals surface area contributed by atoms with Crippen LogP contribution in [0.1, 0.15) is 35.7 Å². The summed E-state index contributed by atoms with van der Waals surface area (Å²) in [7, 11) is 0. The molecule has 6 nitrogen and oxygen atoms in total. The number of fused-ring (bicyclic) bond motifs is 3. The lowest BCUT2D eigenvalue weighted by molar-refractivity contribution is 0.0695. The number of carboxylic acids is 1. The van der Waals surface area contributed by atoms with Crippen LogP contribution in [0.25, 0.3) is 10.9 Å². The summed E-state index contributed by atoms with van der Waals surface area (Å²) in [4.78, 5) is 29.0. The van der Waals surface area contributed by atoms with Gasteiger partial charge in [-0.05, 0) is 31.4 Å². The van der Waals surface area contributed by atoms with Crippen LogP contribution >= 0.6 is 11.6 Å². The smallest absolute Gasteiger partial charge is 0.341 e. The highest BCUT2D eigenvalue weighted by Crippen LogP contribution is 2.40. The van der Waals surface area contributed by atoms with Gasteiger partial charge in [-0.25, -0.2) is 4.79 Å². The number of hydrogen-bond acceptors (Lipinski definition) is 4. The Balaban J connectivity index is 1.71. The minimum Gasteiger partial charge on any atom is -0.477 e. The molecule has 2 bridgehead atoms. The largest absolute Gasteiger partial charge is 0.477 e. The van der Waals surface area contributed by atoms with Crippen LogP contribution in [0.15, 0.2) is 23.1 Å². The minimum absolute atomic E-state index is 0.183. The first-order valence-electron chi connectivity index (χ1n) is 9.13. The van der Waals surface area contributed by atoms with E-state index in [0.29, 0.717) is 16.5 Å². The van der Waals surface area contributed by atoms with Crippen molar-refractivity contribution in [2.45, 2.75) is 31.3 Å². The number of pyridine rings is 1. The van der Waals surface area contributed by atoms with E-state index in [1.807, 2.05) is 10.6 Å². The van der Waals surface area contributed by atoms with Crippen molar-refractivity contribution in [3.05, 3.63) is 39.1 Å². The third kappa shape index (κ3) is 2.43. The van der Waals surface area contributed by atoms with Crippen molar-refractivity contribution in [1.82, 2.24) is 9.47 Å². The first-order valence-corrected chi connectivity index (χ1v) is 9.51. The highest BCUT2D eigenvalue weighted by molar-refractivity contribution is 6.34. The Bertz CT molecular complexity index is 982. The van der Waals surface area contributed by atoms with Gasteiger partial charge in [-0.15, -0.1) is 0 Å². The van der Waals surface area contributed by atoms with E-state index in [1.54, 1.807) is 6.07 Å². The molecule has 136 valence electrons. The number of halogens is 1. The molecule has 2 aliphatic heterocycles. The van der Waals surface area contributed by atoms with Crippen molar-refractivity contribution in [3.63, 3.8) is 0 Å². The molecule has 0 radical (unpaired) electrons. The SMILES string of the molecule is O=C(O)c1cn(C2CC2)c2cc(N3CCN4CCC3C4)c(Cl)cc2c1=O. The van der Waals surface area contributed by atoms with E-state index < -0.39 is 11.4 Å². The summed E-state index contributed by atoms with van der Waals surface area (Å²) < 4.78 is 1.96. The van der Waals surface area contributed by atoms with Gasteiger partial charge in [0.2, 0.25) is 5.43 Å². The molecule has 1 saturated carbocycles. The first-order chi connectivity index (χ1) is 12.5. The van der Waals surface area contributed by atoms with Crippen LogP contribution in [0.2, 0.25) is 5.02 Å². The predicted octanol–water partition coefficient (Wildman–Crippen LogP) is 2.58. The van der Waals surface area contributed by atoms with Gasteiger partial charge in [0.15, 0.2) is 0 Å². The molecule has 2 saturated heterocycles. The Morgan fingerprint density at radius 2 is 1.92 bits per heavy atom. The van der Waals surface area contributed by atoms with Crippen molar-refractivity contribution in [2.75, 3.05) is 31.1 Å². The molecule has 26 heavy (non-hydrogen) atoms. The van der Waals surface area contributed by atoms with Crippen molar-refractivity contribution < 1.29 is 9.90 Å². The van der Waals surface area contributed by atoms with E-state index in [4.69, 9.17) is 11.6 Å². The number of benzene rings is 1. The number of hydrogen-bond donors (Lipinski definition) is 1. The second kappa shape index (κ2) is 5.72. The molecule has 1 aliphatic carbocycles. The number of nitrogens with zero attached hydrogens (tertiary/aromatic N) is 3. The van der Waals surface area contributed by atoms with Crippen LogP contribution in [-0.4, -0.2) is 52.8 Å². The van der Waals surface area contributed by atoms with E-state index in [0.717, 1.165) is 56.6 Å². The summed E-state index contributed by atoms with van der Waals surface area (Å²) in [6, 6.07) is 4.39. The molecule has 2 unspecified atom stereocenters. The number of aromatic carboxylic acids is 1. The number of piperazine rings is 1. The third-order valence-corrected chi connectivity index (χ3v) is 6.23. The predicted molar refractivity (Wildman–Crippen MR) is 101 cm³/mol. The van der Waals surface area contributed by atoms with Crippen LogP contribution in [0.4, 0.5) is 5.69 Å². The van der Waals surface area contributed by atoms with Gasteiger partial charge in [0.25, 0.3) is 0 Å². The van der Waals surface area contributed by atoms with Crippen molar-refractivity contribution >= 4 is 34.2 Å². The van der Waals surface area contributed by atoms with Crippen LogP contribution in [0, 0.1) is 0 Å². The van der Waals surface area contributed by atoms with Crippen LogP contribution in [-0.2, 0) is 0 Å². The van der Waals surface area contributed by atoms with Gasteiger partial charge in [-0.3, -0.25) is 9.69 Å². The second-order valence-corrected chi connectivity index (χ2v) is 7.98. The molecule has 5 rings (SSSR count). The lowest BCUT2D eigenvalue weighted by atomic mass is 10.1. The van der Waals surface area contributed by atoms with Gasteiger partial charge in [0, 0.05) is 49.8 Å². The quantitative estimate of drug-likeness (QED) is 0.895. The maximum absolute atomic E-state index is 12.7. The molecule has 1 aromatic carbocycles. The number of rotatable bonds is 3. The van der Waals surface area contributed by atoms with Gasteiger partial charge in [0.1, 0.15) is 5.56 Å². The lowest BCUT2D eigenvalue weighted by Crippen LogP contribution is -2.46. The maximum atomic E-state index is 12.7. The van der Waals surface area contributed by atoms with Gasteiger partial charge in [-0.2, -0.15) is 0 Å². The van der Waals surface area contributed by atoms with Crippen molar-refractivity contribution in [2.24, 2.45) is 0 Å². The lowest BCUT2D eigenvalue weighted by Gasteiger charge is -2.37. The highest BCUT2D eigenvalue weighted by atomic mass is 35.5. The van der Waals surface area contributed by atoms with E-state index in [2.05, 4.69) is 9.80 Å². The average molecular weight is 374 g/mol. The molecular weight excluding hydrogens is 354 g/mol. The first kappa shape index (κ1) is 16.1. The van der Waals surface area contributed by atoms with Crippen LogP contribution in [0.3, 0.4) is 0 Å². The van der Waals surface area contributed by atoms with Gasteiger partial charge in [-0.1, -0.05) is 11.6 Å². The summed E-state index contributed by atoms with van der Waals surface area (Å²) >= 11 is 6.57.